The zero-order valence-corrected chi connectivity index (χ0v) is 23.4. The summed E-state index contributed by atoms with van der Waals surface area (Å²) in [6, 6.07) is 3.23. The molecule has 3 saturated heterocycles. The van der Waals surface area contributed by atoms with Gasteiger partial charge in [-0.3, -0.25) is 4.79 Å². The van der Waals surface area contributed by atoms with Crippen molar-refractivity contribution in [1.82, 2.24) is 9.88 Å². The Bertz CT molecular complexity index is 1230. The molecule has 224 valence electrons. The van der Waals surface area contributed by atoms with Gasteiger partial charge in [0.05, 0.1) is 31.0 Å². The van der Waals surface area contributed by atoms with Crippen LogP contribution in [-0.2, 0) is 20.8 Å². The number of aliphatic hydroxyl groups is 1. The van der Waals surface area contributed by atoms with Crippen molar-refractivity contribution in [2.24, 2.45) is 4.99 Å². The van der Waals surface area contributed by atoms with Crippen LogP contribution >= 0.6 is 11.6 Å². The highest BCUT2D eigenvalue weighted by molar-refractivity contribution is 6.32. The Morgan fingerprint density at radius 3 is 2.61 bits per heavy atom. The number of rotatable bonds is 9. The van der Waals surface area contributed by atoms with E-state index in [1.165, 1.54) is 11.0 Å². The number of amides is 1. The molecule has 0 saturated carbocycles. The number of aliphatic hydroxyl groups excluding tert-OH is 1. The molecule has 4 heterocycles. The van der Waals surface area contributed by atoms with Crippen LogP contribution < -0.4 is 10.1 Å². The number of anilines is 1. The number of carbonyl (C=O) groups is 1. The van der Waals surface area contributed by atoms with E-state index in [0.717, 1.165) is 12.1 Å². The highest BCUT2D eigenvalue weighted by atomic mass is 35.5. The molecule has 5 rings (SSSR count). The molecule has 5 atom stereocenters. The Labute approximate surface area is 240 Å². The van der Waals surface area contributed by atoms with Crippen LogP contribution in [0.1, 0.15) is 36.2 Å². The minimum Gasteiger partial charge on any atom is -0.471 e. The molecule has 2 aromatic rings. The largest absolute Gasteiger partial charge is 0.471 e. The molecule has 14 heteroatoms. The molecule has 0 spiro atoms. The summed E-state index contributed by atoms with van der Waals surface area (Å²) in [5, 5.41) is 12.8. The summed E-state index contributed by atoms with van der Waals surface area (Å²) < 4.78 is 65.1. The smallest absolute Gasteiger partial charge is 0.254 e. The van der Waals surface area contributed by atoms with Gasteiger partial charge < -0.3 is 34.3 Å². The Morgan fingerprint density at radius 2 is 1.95 bits per heavy atom. The summed E-state index contributed by atoms with van der Waals surface area (Å²) in [7, 11) is 0. The van der Waals surface area contributed by atoms with Gasteiger partial charge in [0, 0.05) is 12.1 Å². The summed E-state index contributed by atoms with van der Waals surface area (Å²) in [6.45, 7) is 7.44. The molecule has 1 unspecified atom stereocenters. The minimum absolute atomic E-state index is 0.0162. The second-order valence-electron chi connectivity index (χ2n) is 9.34. The van der Waals surface area contributed by atoms with E-state index >= 15 is 0 Å². The van der Waals surface area contributed by atoms with Crippen LogP contribution in [0.15, 0.2) is 23.2 Å². The maximum absolute atomic E-state index is 14.7. The normalized spacial score (nSPS) is 25.0. The predicted molar refractivity (Wildman–Crippen MR) is 145 cm³/mol. The lowest BCUT2D eigenvalue weighted by molar-refractivity contribution is -0.0311. The Hall–Kier alpha value is -2.97. The quantitative estimate of drug-likeness (QED) is 0.327. The van der Waals surface area contributed by atoms with E-state index in [1.807, 2.05) is 13.8 Å². The Kier molecular flexibility index (Phi) is 10.4. The van der Waals surface area contributed by atoms with Gasteiger partial charge in [-0.2, -0.15) is 4.98 Å². The van der Waals surface area contributed by atoms with Gasteiger partial charge in [-0.15, -0.1) is 0 Å². The zero-order chi connectivity index (χ0) is 29.7. The van der Waals surface area contributed by atoms with Gasteiger partial charge in [-0.05, 0) is 31.3 Å². The van der Waals surface area contributed by atoms with Gasteiger partial charge in [0.2, 0.25) is 5.88 Å². The van der Waals surface area contributed by atoms with E-state index in [2.05, 4.69) is 22.0 Å². The van der Waals surface area contributed by atoms with Crippen molar-refractivity contribution < 1.29 is 42.0 Å². The second-order valence-corrected chi connectivity index (χ2v) is 9.75. The number of aromatic nitrogens is 1. The molecule has 3 fully saturated rings. The first kappa shape index (κ1) is 31.0. The van der Waals surface area contributed by atoms with Crippen molar-refractivity contribution in [1.29, 1.82) is 0 Å². The average molecular weight is 601 g/mol. The van der Waals surface area contributed by atoms with Gasteiger partial charge >= 0.3 is 0 Å². The first-order valence-corrected chi connectivity index (χ1v) is 13.6. The maximum atomic E-state index is 14.7. The van der Waals surface area contributed by atoms with Crippen molar-refractivity contribution in [3.8, 4) is 5.88 Å². The number of ether oxygens (including phenoxy) is 4. The lowest BCUT2D eigenvalue weighted by Crippen LogP contribution is -2.33. The van der Waals surface area contributed by atoms with Crippen molar-refractivity contribution >= 4 is 35.7 Å². The number of hydrogen-bond acceptors (Lipinski definition) is 9. The first-order chi connectivity index (χ1) is 19.7. The molecule has 0 aliphatic carbocycles. The van der Waals surface area contributed by atoms with Crippen LogP contribution in [-0.4, -0.2) is 91.2 Å². The molecular formula is C27H32ClF3N4O6. The number of halogens is 4. The van der Waals surface area contributed by atoms with Gasteiger partial charge in [0.25, 0.3) is 5.91 Å². The number of hydrogen-bond donors (Lipinski definition) is 2. The molecule has 0 bridgehead atoms. The third-order valence-corrected chi connectivity index (χ3v) is 7.05. The van der Waals surface area contributed by atoms with Gasteiger partial charge in [-0.1, -0.05) is 25.4 Å². The standard InChI is InChI=1S/C25H26ClF3N4O6.C2H6/c1-30-23-18(31-11-39-20-10-37-21-19(34)9-36-22(20)21)6-15(26)24(32-23)38-8-14-16(28)4-12(5-17(14)29)25(35)33-3-2-13(27)7-33;1-2/h4-6,13,19-22,31,34H,1-3,7-11H2;1-2H3/t13-,19-,20-,21?,22-;/m1./s1. The highest BCUT2D eigenvalue weighted by Gasteiger charge is 2.47. The Balaban J connectivity index is 0.00000189. The molecule has 0 radical (unpaired) electrons. The number of likely N-dealkylation sites (tertiary alicyclic amines) is 1. The molecule has 1 amide bonds. The van der Waals surface area contributed by atoms with E-state index < -0.39 is 48.1 Å². The lowest BCUT2D eigenvalue weighted by atomic mass is 10.1. The van der Waals surface area contributed by atoms with Gasteiger partial charge in [0.1, 0.15) is 60.6 Å². The number of nitrogens with zero attached hydrogens (tertiary/aromatic N) is 3. The van der Waals surface area contributed by atoms with Crippen LogP contribution in [0.3, 0.4) is 0 Å². The number of pyridine rings is 1. The number of alkyl halides is 1. The molecule has 2 N–H and O–H groups in total. The fourth-order valence-corrected chi connectivity index (χ4v) is 4.92. The van der Waals surface area contributed by atoms with Crippen molar-refractivity contribution in [2.45, 2.75) is 57.5 Å². The number of carbonyl (C=O) groups excluding carboxylic acids is 1. The second kappa shape index (κ2) is 13.8. The summed E-state index contributed by atoms with van der Waals surface area (Å²) in [5.41, 5.74) is -0.290. The third-order valence-electron chi connectivity index (χ3n) is 6.77. The predicted octanol–water partition coefficient (Wildman–Crippen LogP) is 4.05. The number of benzene rings is 1. The van der Waals surface area contributed by atoms with E-state index in [0.29, 0.717) is 5.69 Å². The fraction of sp³-hybridized carbons (Fsp3) is 0.519. The van der Waals surface area contributed by atoms with Crippen LogP contribution in [0, 0.1) is 11.6 Å². The van der Waals surface area contributed by atoms with E-state index in [4.69, 9.17) is 30.5 Å². The SMILES string of the molecule is C=Nc1nc(OCc2c(F)cc(C(=O)N3CC[C@@H](F)C3)cc2F)c(Cl)cc1NCO[C@@H]1COC2[C@H](O)CO[C@@H]21.CC. The summed E-state index contributed by atoms with van der Waals surface area (Å²) in [4.78, 5) is 21.7. The van der Waals surface area contributed by atoms with E-state index in [9.17, 15) is 23.1 Å². The summed E-state index contributed by atoms with van der Waals surface area (Å²) in [5.74, 6) is -2.69. The van der Waals surface area contributed by atoms with Gasteiger partial charge in [-0.25, -0.2) is 18.2 Å². The first-order valence-electron chi connectivity index (χ1n) is 13.2. The molecule has 1 aromatic carbocycles. The third kappa shape index (κ3) is 6.92. The van der Waals surface area contributed by atoms with Crippen molar-refractivity contribution in [3.05, 3.63) is 46.0 Å². The highest BCUT2D eigenvalue weighted by Crippen LogP contribution is 2.34. The number of nitrogens with one attached hydrogen (secondary N) is 1. The Morgan fingerprint density at radius 1 is 1.24 bits per heavy atom. The maximum Gasteiger partial charge on any atom is 0.254 e. The van der Waals surface area contributed by atoms with E-state index in [1.54, 1.807) is 0 Å². The molecule has 3 aliphatic heterocycles. The molecule has 10 nitrogen and oxygen atoms in total. The topological polar surface area (TPSA) is 115 Å². The van der Waals surface area contributed by atoms with E-state index in [-0.39, 0.29) is 73.9 Å². The minimum atomic E-state index is -1.15. The number of fused-ring (bicyclic) bond motifs is 1. The van der Waals surface area contributed by atoms with Crippen molar-refractivity contribution in [2.75, 3.05) is 38.4 Å². The molecular weight excluding hydrogens is 569 g/mol. The number of aliphatic imine (C=N–C) groups is 1. The van der Waals surface area contributed by atoms with Gasteiger partial charge in [0.15, 0.2) is 5.82 Å². The van der Waals surface area contributed by atoms with Crippen LogP contribution in [0.2, 0.25) is 5.02 Å². The molecule has 1 aromatic heterocycles. The fourth-order valence-electron chi connectivity index (χ4n) is 4.72. The van der Waals surface area contributed by atoms with Crippen LogP contribution in [0.4, 0.5) is 24.7 Å². The summed E-state index contributed by atoms with van der Waals surface area (Å²) in [6.07, 6.45) is -2.82. The van der Waals surface area contributed by atoms with Crippen LogP contribution in [0.5, 0.6) is 5.88 Å². The van der Waals surface area contributed by atoms with Crippen LogP contribution in [0.25, 0.3) is 0 Å². The zero-order valence-electron chi connectivity index (χ0n) is 22.6. The lowest BCUT2D eigenvalue weighted by Gasteiger charge is -2.18. The average Bonchev–Trinajstić information content (AvgIpc) is 3.68. The molecule has 41 heavy (non-hydrogen) atoms. The molecule has 3 aliphatic rings. The summed E-state index contributed by atoms with van der Waals surface area (Å²) >= 11 is 6.28. The monoisotopic (exact) mass is 600 g/mol. The van der Waals surface area contributed by atoms with Crippen molar-refractivity contribution in [3.63, 3.8) is 0 Å².